The van der Waals surface area contributed by atoms with Gasteiger partial charge in [0.2, 0.25) is 0 Å². The first kappa shape index (κ1) is 19.0. The molecule has 3 nitrogen and oxygen atoms in total. The van der Waals surface area contributed by atoms with Crippen molar-refractivity contribution in [2.24, 2.45) is 0 Å². The van der Waals surface area contributed by atoms with Crippen LogP contribution in [0, 0.1) is 0 Å². The van der Waals surface area contributed by atoms with Gasteiger partial charge in [-0.2, -0.15) is 0 Å². The molecule has 4 rings (SSSR count). The Labute approximate surface area is 174 Å². The van der Waals surface area contributed by atoms with E-state index in [1.807, 2.05) is 65.6 Å². The van der Waals surface area contributed by atoms with Gasteiger partial charge in [-0.15, -0.1) is 11.8 Å². The average molecular weight is 409 g/mol. The van der Waals surface area contributed by atoms with Gasteiger partial charge in [-0.3, -0.25) is 9.78 Å². The van der Waals surface area contributed by atoms with Crippen LogP contribution < -0.4 is 0 Å². The molecule has 1 saturated carbocycles. The second-order valence-corrected chi connectivity index (χ2v) is 8.44. The number of aromatic nitrogens is 1. The number of benzene rings is 2. The average Bonchev–Trinajstić information content (AvgIpc) is 3.57. The predicted octanol–water partition coefficient (Wildman–Crippen LogP) is 5.83. The fourth-order valence-electron chi connectivity index (χ4n) is 3.04. The maximum Gasteiger partial charge on any atom is 0.254 e. The molecule has 5 heteroatoms. The van der Waals surface area contributed by atoms with Crippen molar-refractivity contribution in [2.75, 3.05) is 0 Å². The van der Waals surface area contributed by atoms with Crippen LogP contribution in [0.4, 0.5) is 0 Å². The molecular formula is C23H21ClN2OS. The summed E-state index contributed by atoms with van der Waals surface area (Å²) >= 11 is 7.69. The molecule has 0 spiro atoms. The van der Waals surface area contributed by atoms with Crippen LogP contribution in [0.1, 0.15) is 34.3 Å². The van der Waals surface area contributed by atoms with Gasteiger partial charge in [-0.25, -0.2) is 0 Å². The first-order valence-electron chi connectivity index (χ1n) is 9.36. The van der Waals surface area contributed by atoms with E-state index in [1.54, 1.807) is 24.2 Å². The van der Waals surface area contributed by atoms with E-state index in [4.69, 9.17) is 11.6 Å². The summed E-state index contributed by atoms with van der Waals surface area (Å²) in [6.07, 6.45) is 5.73. The van der Waals surface area contributed by atoms with Gasteiger partial charge in [-0.05, 0) is 72.5 Å². The van der Waals surface area contributed by atoms with E-state index >= 15 is 0 Å². The molecule has 0 aliphatic heterocycles. The van der Waals surface area contributed by atoms with E-state index in [2.05, 4.69) is 4.98 Å². The summed E-state index contributed by atoms with van der Waals surface area (Å²) in [6, 6.07) is 20.2. The Kier molecular flexibility index (Phi) is 5.98. The molecule has 1 aliphatic rings. The van der Waals surface area contributed by atoms with E-state index in [-0.39, 0.29) is 5.91 Å². The molecule has 1 amide bonds. The maximum atomic E-state index is 13.0. The van der Waals surface area contributed by atoms with E-state index in [9.17, 15) is 4.79 Å². The zero-order valence-electron chi connectivity index (χ0n) is 15.4. The molecule has 142 valence electrons. The number of hydrogen-bond acceptors (Lipinski definition) is 3. The van der Waals surface area contributed by atoms with Gasteiger partial charge < -0.3 is 4.90 Å². The first-order chi connectivity index (χ1) is 13.7. The van der Waals surface area contributed by atoms with E-state index in [0.29, 0.717) is 12.6 Å². The highest BCUT2D eigenvalue weighted by Gasteiger charge is 2.33. The number of carbonyl (C=O) groups excluding carboxylic acids is 1. The molecule has 28 heavy (non-hydrogen) atoms. The van der Waals surface area contributed by atoms with Crippen molar-refractivity contribution in [1.82, 2.24) is 9.88 Å². The second-order valence-electron chi connectivity index (χ2n) is 6.96. The van der Waals surface area contributed by atoms with Crippen LogP contribution >= 0.6 is 23.4 Å². The molecular weight excluding hydrogens is 388 g/mol. The van der Waals surface area contributed by atoms with Crippen LogP contribution in [-0.2, 0) is 12.3 Å². The van der Waals surface area contributed by atoms with Gasteiger partial charge in [0.15, 0.2) is 0 Å². The minimum Gasteiger partial charge on any atom is -0.331 e. The number of nitrogens with zero attached hydrogens (tertiary/aromatic N) is 2. The lowest BCUT2D eigenvalue weighted by molar-refractivity contribution is 0.0730. The van der Waals surface area contributed by atoms with Gasteiger partial charge in [0.1, 0.15) is 0 Å². The minimum atomic E-state index is 0.108. The molecule has 1 fully saturated rings. The van der Waals surface area contributed by atoms with Crippen molar-refractivity contribution >= 4 is 29.3 Å². The number of halogens is 1. The van der Waals surface area contributed by atoms with Crippen LogP contribution in [0.25, 0.3) is 0 Å². The third kappa shape index (κ3) is 4.94. The number of carbonyl (C=O) groups is 1. The molecule has 1 aromatic heterocycles. The van der Waals surface area contributed by atoms with Gasteiger partial charge in [-0.1, -0.05) is 23.7 Å². The summed E-state index contributed by atoms with van der Waals surface area (Å²) in [5, 5.41) is 0.749. The van der Waals surface area contributed by atoms with Crippen molar-refractivity contribution < 1.29 is 4.79 Å². The summed E-state index contributed by atoms with van der Waals surface area (Å²) in [7, 11) is 0. The molecule has 3 aromatic rings. The Morgan fingerprint density at radius 1 is 0.964 bits per heavy atom. The van der Waals surface area contributed by atoms with Gasteiger partial charge in [0, 0.05) is 46.2 Å². The molecule has 1 heterocycles. The minimum absolute atomic E-state index is 0.108. The van der Waals surface area contributed by atoms with E-state index < -0.39 is 0 Å². The van der Waals surface area contributed by atoms with Crippen LogP contribution in [0.15, 0.2) is 78.0 Å². The lowest BCUT2D eigenvalue weighted by atomic mass is 10.1. The maximum absolute atomic E-state index is 13.0. The Balaban J connectivity index is 1.40. The van der Waals surface area contributed by atoms with Crippen LogP contribution in [-0.4, -0.2) is 21.8 Å². The normalized spacial score (nSPS) is 13.3. The molecule has 0 atom stereocenters. The highest BCUT2D eigenvalue weighted by molar-refractivity contribution is 7.98. The summed E-state index contributed by atoms with van der Waals surface area (Å²) < 4.78 is 0. The van der Waals surface area contributed by atoms with Crippen molar-refractivity contribution in [1.29, 1.82) is 0 Å². The van der Waals surface area contributed by atoms with Crippen LogP contribution in [0.2, 0.25) is 5.02 Å². The Morgan fingerprint density at radius 3 is 2.29 bits per heavy atom. The number of amides is 1. The molecule has 0 radical (unpaired) electrons. The molecule has 0 bridgehead atoms. The van der Waals surface area contributed by atoms with Gasteiger partial charge >= 0.3 is 0 Å². The molecule has 0 unspecified atom stereocenters. The zero-order valence-corrected chi connectivity index (χ0v) is 17.0. The van der Waals surface area contributed by atoms with Crippen molar-refractivity contribution in [2.45, 2.75) is 36.1 Å². The second kappa shape index (κ2) is 8.80. The Hall–Kier alpha value is -2.30. The highest BCUT2D eigenvalue weighted by Crippen LogP contribution is 2.30. The number of pyridine rings is 1. The summed E-state index contributed by atoms with van der Waals surface area (Å²) in [6.45, 7) is 0.639. The predicted molar refractivity (Wildman–Crippen MR) is 115 cm³/mol. The summed E-state index contributed by atoms with van der Waals surface area (Å²) in [5.41, 5.74) is 3.07. The van der Waals surface area contributed by atoms with Gasteiger partial charge in [0.25, 0.3) is 5.91 Å². The smallest absolute Gasteiger partial charge is 0.254 e. The number of hydrogen-bond donors (Lipinski definition) is 0. The summed E-state index contributed by atoms with van der Waals surface area (Å²) in [5.74, 6) is 0.968. The Bertz CT molecular complexity index is 925. The van der Waals surface area contributed by atoms with Crippen molar-refractivity contribution in [3.05, 3.63) is 94.8 Å². The largest absolute Gasteiger partial charge is 0.331 e. The van der Waals surface area contributed by atoms with E-state index in [0.717, 1.165) is 34.7 Å². The lowest BCUT2D eigenvalue weighted by Gasteiger charge is -2.22. The zero-order chi connectivity index (χ0) is 19.3. The van der Waals surface area contributed by atoms with Crippen LogP contribution in [0.5, 0.6) is 0 Å². The highest BCUT2D eigenvalue weighted by atomic mass is 35.5. The van der Waals surface area contributed by atoms with Gasteiger partial charge in [0.05, 0.1) is 0 Å². The lowest BCUT2D eigenvalue weighted by Crippen LogP contribution is -2.32. The fraction of sp³-hybridized carbons (Fsp3) is 0.217. The quantitative estimate of drug-likeness (QED) is 0.461. The Morgan fingerprint density at radius 2 is 1.64 bits per heavy atom. The first-order valence-corrected chi connectivity index (χ1v) is 10.7. The molecule has 1 aliphatic carbocycles. The molecule has 2 aromatic carbocycles. The topological polar surface area (TPSA) is 33.2 Å². The van der Waals surface area contributed by atoms with E-state index in [1.165, 1.54) is 10.5 Å². The monoisotopic (exact) mass is 408 g/mol. The standard InChI is InChI=1S/C23H21ClN2OS/c24-20-5-9-22(10-6-20)28-16-18-1-3-19(4-2-18)23(27)26(21-7-8-21)15-17-11-13-25-14-12-17/h1-6,9-14,21H,7-8,15-16H2. The van der Waals surface area contributed by atoms with Crippen molar-refractivity contribution in [3.63, 3.8) is 0 Å². The fourth-order valence-corrected chi connectivity index (χ4v) is 4.02. The third-order valence-corrected chi connectivity index (χ3v) is 6.11. The molecule has 0 saturated heterocycles. The van der Waals surface area contributed by atoms with Crippen molar-refractivity contribution in [3.8, 4) is 0 Å². The molecule has 0 N–H and O–H groups in total. The number of thioether (sulfide) groups is 1. The SMILES string of the molecule is O=C(c1ccc(CSc2ccc(Cl)cc2)cc1)N(Cc1ccncc1)C1CC1. The third-order valence-electron chi connectivity index (χ3n) is 4.77. The number of rotatable bonds is 7. The summed E-state index contributed by atoms with van der Waals surface area (Å²) in [4.78, 5) is 20.3. The van der Waals surface area contributed by atoms with Crippen LogP contribution in [0.3, 0.4) is 0 Å².